The van der Waals surface area contributed by atoms with Crippen molar-refractivity contribution < 1.29 is 29.2 Å². The number of methoxy groups -OCH3 is 1. The van der Waals surface area contributed by atoms with Gasteiger partial charge in [-0.2, -0.15) is 0 Å². The predicted octanol–water partition coefficient (Wildman–Crippen LogP) is 2.65. The van der Waals surface area contributed by atoms with E-state index in [1.807, 2.05) is 12.1 Å². The fourth-order valence-electron chi connectivity index (χ4n) is 2.51. The molecule has 2 aromatic rings. The van der Waals surface area contributed by atoms with Crippen LogP contribution in [0.15, 0.2) is 30.3 Å². The second-order valence-electron chi connectivity index (χ2n) is 5.15. The van der Waals surface area contributed by atoms with E-state index >= 15 is 0 Å². The number of hydrogen-bond acceptors (Lipinski definition) is 6. The number of fused-ring (bicyclic) bond motifs is 1. The number of phenolic OH excluding ortho intramolecular Hbond substituents is 2. The summed E-state index contributed by atoms with van der Waals surface area (Å²) in [5, 5.41) is 19.4. The van der Waals surface area contributed by atoms with Crippen molar-refractivity contribution >= 4 is 5.78 Å². The number of rotatable bonds is 5. The van der Waals surface area contributed by atoms with Gasteiger partial charge in [-0.05, 0) is 24.1 Å². The zero-order chi connectivity index (χ0) is 16.4. The summed E-state index contributed by atoms with van der Waals surface area (Å²) in [5.74, 6) is 0.789. The number of carbonyl (C=O) groups is 1. The lowest BCUT2D eigenvalue weighted by atomic mass is 10.0. The van der Waals surface area contributed by atoms with Crippen molar-refractivity contribution in [1.29, 1.82) is 0 Å². The Morgan fingerprint density at radius 3 is 2.74 bits per heavy atom. The first kappa shape index (κ1) is 15.0. The topological polar surface area (TPSA) is 85.2 Å². The van der Waals surface area contributed by atoms with Gasteiger partial charge in [0.15, 0.2) is 17.3 Å². The van der Waals surface area contributed by atoms with Gasteiger partial charge >= 0.3 is 0 Å². The van der Waals surface area contributed by atoms with E-state index in [1.54, 1.807) is 6.07 Å². The highest BCUT2D eigenvalue weighted by Gasteiger charge is 2.19. The zero-order valence-corrected chi connectivity index (χ0v) is 12.5. The minimum absolute atomic E-state index is 0.0750. The summed E-state index contributed by atoms with van der Waals surface area (Å²) in [5.41, 5.74) is 1.01. The third-order valence-electron chi connectivity index (χ3n) is 3.64. The first-order valence-corrected chi connectivity index (χ1v) is 7.10. The first-order valence-electron chi connectivity index (χ1n) is 7.10. The van der Waals surface area contributed by atoms with Crippen LogP contribution in [0.3, 0.4) is 0 Å². The number of Topliss-reactive ketones (excluding diaryl/α,β-unsaturated/α-hetero) is 1. The molecule has 0 atom stereocenters. The van der Waals surface area contributed by atoms with Crippen LogP contribution < -0.4 is 14.2 Å². The zero-order valence-electron chi connectivity index (χ0n) is 12.5. The van der Waals surface area contributed by atoms with Crippen LogP contribution in [0.4, 0.5) is 0 Å². The Morgan fingerprint density at radius 1 is 1.17 bits per heavy atom. The van der Waals surface area contributed by atoms with Crippen molar-refractivity contribution in [2.45, 2.75) is 12.8 Å². The lowest BCUT2D eigenvalue weighted by molar-refractivity contribution is 0.0977. The number of hydrogen-bond donors (Lipinski definition) is 2. The van der Waals surface area contributed by atoms with Crippen LogP contribution >= 0.6 is 0 Å². The molecule has 6 nitrogen and oxygen atoms in total. The summed E-state index contributed by atoms with van der Waals surface area (Å²) < 4.78 is 15.6. The van der Waals surface area contributed by atoms with Crippen molar-refractivity contribution in [3.63, 3.8) is 0 Å². The molecule has 0 spiro atoms. The highest BCUT2D eigenvalue weighted by molar-refractivity contribution is 6.01. The average molecular weight is 316 g/mol. The summed E-state index contributed by atoms with van der Waals surface area (Å²) in [4.78, 5) is 12.4. The highest BCUT2D eigenvalue weighted by atomic mass is 16.7. The Kier molecular flexibility index (Phi) is 3.97. The Hall–Kier alpha value is -2.89. The second kappa shape index (κ2) is 6.08. The summed E-state index contributed by atoms with van der Waals surface area (Å²) in [6.45, 7) is 0.205. The van der Waals surface area contributed by atoms with Gasteiger partial charge in [0.2, 0.25) is 6.79 Å². The third kappa shape index (κ3) is 3.01. The van der Waals surface area contributed by atoms with E-state index in [9.17, 15) is 15.0 Å². The number of aromatic hydroxyl groups is 2. The molecule has 0 saturated heterocycles. The van der Waals surface area contributed by atoms with Gasteiger partial charge in [0, 0.05) is 18.6 Å². The fraction of sp³-hybridized carbons (Fsp3) is 0.235. The Labute approximate surface area is 132 Å². The normalized spacial score (nSPS) is 12.2. The monoisotopic (exact) mass is 316 g/mol. The van der Waals surface area contributed by atoms with Gasteiger partial charge in [-0.1, -0.05) is 6.07 Å². The Bertz CT molecular complexity index is 753. The maximum atomic E-state index is 12.4. The number of benzene rings is 2. The maximum absolute atomic E-state index is 12.4. The SMILES string of the molecule is COc1cc(O)cc(O)c1C(=O)CCc1ccc2c(c1)OCO2. The minimum atomic E-state index is -0.294. The van der Waals surface area contributed by atoms with Gasteiger partial charge in [-0.15, -0.1) is 0 Å². The van der Waals surface area contributed by atoms with Crippen LogP contribution in [0.25, 0.3) is 0 Å². The molecule has 0 amide bonds. The predicted molar refractivity (Wildman–Crippen MR) is 81.5 cm³/mol. The van der Waals surface area contributed by atoms with Crippen molar-refractivity contribution in [3.8, 4) is 28.7 Å². The first-order chi connectivity index (χ1) is 11.1. The molecule has 2 N–H and O–H groups in total. The summed E-state index contributed by atoms with van der Waals surface area (Å²) in [6.07, 6.45) is 0.674. The highest BCUT2D eigenvalue weighted by Crippen LogP contribution is 2.35. The molecule has 0 radical (unpaired) electrons. The molecule has 0 bridgehead atoms. The van der Waals surface area contributed by atoms with Crippen molar-refractivity contribution in [1.82, 2.24) is 0 Å². The molecule has 1 heterocycles. The molecule has 1 aliphatic heterocycles. The Morgan fingerprint density at radius 2 is 1.96 bits per heavy atom. The van der Waals surface area contributed by atoms with Crippen LogP contribution in [0.1, 0.15) is 22.3 Å². The van der Waals surface area contributed by atoms with Gasteiger partial charge in [0.1, 0.15) is 22.8 Å². The summed E-state index contributed by atoms with van der Waals surface area (Å²) in [7, 11) is 1.38. The number of carbonyl (C=O) groups excluding carboxylic acids is 1. The van der Waals surface area contributed by atoms with E-state index in [0.29, 0.717) is 17.9 Å². The van der Waals surface area contributed by atoms with E-state index in [2.05, 4.69) is 0 Å². The molecule has 3 rings (SSSR count). The number of ketones is 1. The molecular formula is C17H16O6. The molecule has 2 aromatic carbocycles. The van der Waals surface area contributed by atoms with Crippen molar-refractivity contribution in [2.75, 3.05) is 13.9 Å². The standard InChI is InChI=1S/C17H16O6/c1-21-16-8-11(18)7-13(20)17(16)12(19)4-2-10-3-5-14-15(6-10)23-9-22-14/h3,5-8,18,20H,2,4,9H2,1H3. The van der Waals surface area contributed by atoms with E-state index in [-0.39, 0.29) is 41.8 Å². The molecule has 120 valence electrons. The molecular weight excluding hydrogens is 300 g/mol. The van der Waals surface area contributed by atoms with Gasteiger partial charge < -0.3 is 24.4 Å². The van der Waals surface area contributed by atoms with Gasteiger partial charge in [-0.25, -0.2) is 0 Å². The smallest absolute Gasteiger partial charge is 0.231 e. The molecule has 0 saturated carbocycles. The number of aryl methyl sites for hydroxylation is 1. The van der Waals surface area contributed by atoms with Gasteiger partial charge in [0.05, 0.1) is 7.11 Å². The van der Waals surface area contributed by atoms with Crippen LogP contribution in [0, 0.1) is 0 Å². The van der Waals surface area contributed by atoms with Crippen LogP contribution in [0.2, 0.25) is 0 Å². The molecule has 0 fully saturated rings. The van der Waals surface area contributed by atoms with E-state index in [1.165, 1.54) is 13.2 Å². The largest absolute Gasteiger partial charge is 0.508 e. The van der Waals surface area contributed by atoms with Crippen LogP contribution in [0.5, 0.6) is 28.7 Å². The Balaban J connectivity index is 1.75. The average Bonchev–Trinajstić information content (AvgIpc) is 2.99. The minimum Gasteiger partial charge on any atom is -0.508 e. The van der Waals surface area contributed by atoms with Crippen molar-refractivity contribution in [3.05, 3.63) is 41.5 Å². The quantitative estimate of drug-likeness (QED) is 0.825. The summed E-state index contributed by atoms with van der Waals surface area (Å²) in [6, 6.07) is 7.93. The van der Waals surface area contributed by atoms with Crippen LogP contribution in [-0.4, -0.2) is 29.9 Å². The maximum Gasteiger partial charge on any atom is 0.231 e. The second-order valence-corrected chi connectivity index (χ2v) is 5.15. The van der Waals surface area contributed by atoms with E-state index < -0.39 is 0 Å². The third-order valence-corrected chi connectivity index (χ3v) is 3.64. The lowest BCUT2D eigenvalue weighted by Crippen LogP contribution is -2.04. The number of ether oxygens (including phenoxy) is 3. The van der Waals surface area contributed by atoms with Crippen molar-refractivity contribution in [2.24, 2.45) is 0 Å². The van der Waals surface area contributed by atoms with Crippen LogP contribution in [-0.2, 0) is 6.42 Å². The van der Waals surface area contributed by atoms with Gasteiger partial charge in [-0.3, -0.25) is 4.79 Å². The molecule has 0 aromatic heterocycles. The van der Waals surface area contributed by atoms with E-state index in [4.69, 9.17) is 14.2 Å². The molecule has 0 aliphatic carbocycles. The lowest BCUT2D eigenvalue weighted by Gasteiger charge is -2.10. The molecule has 6 heteroatoms. The van der Waals surface area contributed by atoms with E-state index in [0.717, 1.165) is 11.6 Å². The molecule has 0 unspecified atom stereocenters. The van der Waals surface area contributed by atoms with Gasteiger partial charge in [0.25, 0.3) is 0 Å². The number of phenols is 2. The fourth-order valence-corrected chi connectivity index (χ4v) is 2.51. The molecule has 1 aliphatic rings. The molecule has 23 heavy (non-hydrogen) atoms. The summed E-state index contributed by atoms with van der Waals surface area (Å²) >= 11 is 0.